The fourth-order valence-corrected chi connectivity index (χ4v) is 2.12. The van der Waals surface area contributed by atoms with Crippen molar-refractivity contribution in [1.82, 2.24) is 10.2 Å². The molecule has 0 fully saturated rings. The van der Waals surface area contributed by atoms with Gasteiger partial charge in [-0.15, -0.1) is 10.2 Å². The van der Waals surface area contributed by atoms with Crippen LogP contribution >= 0.6 is 23.2 Å². The molecule has 0 radical (unpaired) electrons. The molecule has 0 atom stereocenters. The molecule has 6 heteroatoms. The minimum Gasteiger partial charge on any atom is -0.490 e. The van der Waals surface area contributed by atoms with Crippen molar-refractivity contribution >= 4 is 23.2 Å². The maximum atomic E-state index is 6.06. The molecule has 1 aromatic heterocycles. The molecule has 0 saturated carbocycles. The van der Waals surface area contributed by atoms with Gasteiger partial charge in [0.25, 0.3) is 0 Å². The molecular formula is C14H14Cl2N2O2. The molecule has 0 aliphatic heterocycles. The topological polar surface area (TPSA) is 44.2 Å². The largest absolute Gasteiger partial charge is 0.490 e. The number of nitrogens with zero attached hydrogens (tertiary/aromatic N) is 2. The molecule has 2 rings (SSSR count). The van der Waals surface area contributed by atoms with Gasteiger partial charge in [-0.05, 0) is 37.6 Å². The Morgan fingerprint density at radius 1 is 0.950 bits per heavy atom. The quantitative estimate of drug-likeness (QED) is 0.828. The first-order valence-electron chi connectivity index (χ1n) is 6.24. The minimum absolute atomic E-state index is 0.288. The predicted octanol–water partition coefficient (Wildman–Crippen LogP) is 4.25. The number of halogens is 2. The predicted molar refractivity (Wildman–Crippen MR) is 79.8 cm³/mol. The van der Waals surface area contributed by atoms with Crippen LogP contribution in [0.15, 0.2) is 24.3 Å². The van der Waals surface area contributed by atoms with Crippen LogP contribution in [0.1, 0.15) is 13.8 Å². The molecule has 4 nitrogen and oxygen atoms in total. The summed E-state index contributed by atoms with van der Waals surface area (Å²) >= 11 is 11.9. The van der Waals surface area contributed by atoms with E-state index in [1.54, 1.807) is 6.07 Å². The SMILES string of the molecule is CCOc1ccc(-c2cc(Cl)nnc2Cl)cc1OCC. The second-order valence-corrected chi connectivity index (χ2v) is 4.64. The van der Waals surface area contributed by atoms with Crippen LogP contribution in [0, 0.1) is 0 Å². The van der Waals surface area contributed by atoms with E-state index in [-0.39, 0.29) is 5.15 Å². The number of benzene rings is 1. The average Bonchev–Trinajstić information content (AvgIpc) is 2.44. The van der Waals surface area contributed by atoms with Crippen molar-refractivity contribution in [3.63, 3.8) is 0 Å². The summed E-state index contributed by atoms with van der Waals surface area (Å²) in [6.45, 7) is 4.96. The lowest BCUT2D eigenvalue weighted by atomic mass is 10.1. The van der Waals surface area contributed by atoms with E-state index in [1.165, 1.54) is 0 Å². The van der Waals surface area contributed by atoms with E-state index >= 15 is 0 Å². The summed E-state index contributed by atoms with van der Waals surface area (Å²) in [5.74, 6) is 1.36. The molecule has 0 saturated heterocycles. The summed E-state index contributed by atoms with van der Waals surface area (Å²) < 4.78 is 11.1. The molecule has 0 spiro atoms. The van der Waals surface area contributed by atoms with E-state index in [4.69, 9.17) is 32.7 Å². The van der Waals surface area contributed by atoms with Gasteiger partial charge in [-0.1, -0.05) is 29.3 Å². The van der Waals surface area contributed by atoms with Crippen molar-refractivity contribution in [2.24, 2.45) is 0 Å². The van der Waals surface area contributed by atoms with Crippen LogP contribution in [0.4, 0.5) is 0 Å². The van der Waals surface area contributed by atoms with Gasteiger partial charge in [-0.25, -0.2) is 0 Å². The molecule has 0 N–H and O–H groups in total. The van der Waals surface area contributed by atoms with Crippen molar-refractivity contribution in [3.8, 4) is 22.6 Å². The van der Waals surface area contributed by atoms with Gasteiger partial charge in [0.15, 0.2) is 21.8 Å². The standard InChI is InChI=1S/C14H14Cl2N2O2/c1-3-19-11-6-5-9(7-12(11)20-4-2)10-8-13(15)17-18-14(10)16/h5-8H,3-4H2,1-2H3. The summed E-state index contributed by atoms with van der Waals surface area (Å²) in [5, 5.41) is 8.08. The maximum absolute atomic E-state index is 6.06. The third kappa shape index (κ3) is 3.32. The van der Waals surface area contributed by atoms with Gasteiger partial charge in [0.05, 0.1) is 13.2 Å². The number of hydrogen-bond acceptors (Lipinski definition) is 4. The smallest absolute Gasteiger partial charge is 0.161 e. The lowest BCUT2D eigenvalue weighted by Gasteiger charge is -2.12. The molecule has 0 unspecified atom stereocenters. The Morgan fingerprint density at radius 2 is 1.65 bits per heavy atom. The highest BCUT2D eigenvalue weighted by Crippen LogP contribution is 2.35. The molecule has 0 aliphatic carbocycles. The fraction of sp³-hybridized carbons (Fsp3) is 0.286. The van der Waals surface area contributed by atoms with Gasteiger partial charge < -0.3 is 9.47 Å². The van der Waals surface area contributed by atoms with Crippen LogP contribution in [0.25, 0.3) is 11.1 Å². The fourth-order valence-electron chi connectivity index (χ4n) is 1.77. The zero-order valence-corrected chi connectivity index (χ0v) is 12.7. The van der Waals surface area contributed by atoms with Crippen molar-refractivity contribution in [2.75, 3.05) is 13.2 Å². The minimum atomic E-state index is 0.288. The Hall–Kier alpha value is -1.52. The van der Waals surface area contributed by atoms with Crippen LogP contribution < -0.4 is 9.47 Å². The van der Waals surface area contributed by atoms with Crippen molar-refractivity contribution in [3.05, 3.63) is 34.6 Å². The zero-order chi connectivity index (χ0) is 14.5. The Labute approximate surface area is 127 Å². The monoisotopic (exact) mass is 312 g/mol. The Balaban J connectivity index is 2.46. The molecule has 20 heavy (non-hydrogen) atoms. The van der Waals surface area contributed by atoms with Crippen LogP contribution in [-0.2, 0) is 0 Å². The van der Waals surface area contributed by atoms with Crippen LogP contribution in [-0.4, -0.2) is 23.4 Å². The number of ether oxygens (including phenoxy) is 2. The lowest BCUT2D eigenvalue weighted by Crippen LogP contribution is -1.98. The number of rotatable bonds is 5. The number of hydrogen-bond donors (Lipinski definition) is 0. The molecule has 106 valence electrons. The summed E-state index contributed by atoms with van der Waals surface area (Å²) in [5.41, 5.74) is 1.55. The van der Waals surface area contributed by atoms with Crippen molar-refractivity contribution in [2.45, 2.75) is 13.8 Å². The van der Waals surface area contributed by atoms with E-state index in [0.717, 1.165) is 5.56 Å². The second kappa shape index (κ2) is 6.77. The molecule has 2 aromatic rings. The zero-order valence-electron chi connectivity index (χ0n) is 11.2. The first-order chi connectivity index (χ1) is 9.65. The summed E-state index contributed by atoms with van der Waals surface area (Å²) in [4.78, 5) is 0. The summed E-state index contributed by atoms with van der Waals surface area (Å²) in [6, 6.07) is 7.25. The van der Waals surface area contributed by atoms with Crippen LogP contribution in [0.5, 0.6) is 11.5 Å². The lowest BCUT2D eigenvalue weighted by molar-refractivity contribution is 0.288. The summed E-state index contributed by atoms with van der Waals surface area (Å²) in [7, 11) is 0. The Morgan fingerprint density at radius 3 is 2.35 bits per heavy atom. The molecule has 0 aliphatic rings. The van der Waals surface area contributed by atoms with Crippen molar-refractivity contribution < 1.29 is 9.47 Å². The van der Waals surface area contributed by atoms with Gasteiger partial charge >= 0.3 is 0 Å². The highest BCUT2D eigenvalue weighted by Gasteiger charge is 2.11. The third-order valence-electron chi connectivity index (χ3n) is 2.57. The van der Waals surface area contributed by atoms with E-state index in [1.807, 2.05) is 32.0 Å². The van der Waals surface area contributed by atoms with Gasteiger partial charge in [-0.2, -0.15) is 0 Å². The van der Waals surface area contributed by atoms with E-state index in [0.29, 0.717) is 35.4 Å². The van der Waals surface area contributed by atoms with Crippen LogP contribution in [0.2, 0.25) is 10.3 Å². The Bertz CT molecular complexity index is 606. The molecule has 0 bridgehead atoms. The highest BCUT2D eigenvalue weighted by molar-refractivity contribution is 6.33. The van der Waals surface area contributed by atoms with Gasteiger partial charge in [0, 0.05) is 5.56 Å². The van der Waals surface area contributed by atoms with E-state index in [9.17, 15) is 0 Å². The first-order valence-corrected chi connectivity index (χ1v) is 7.00. The average molecular weight is 313 g/mol. The van der Waals surface area contributed by atoms with Gasteiger partial charge in [0.1, 0.15) is 0 Å². The molecular weight excluding hydrogens is 299 g/mol. The maximum Gasteiger partial charge on any atom is 0.161 e. The van der Waals surface area contributed by atoms with Crippen molar-refractivity contribution in [1.29, 1.82) is 0 Å². The third-order valence-corrected chi connectivity index (χ3v) is 3.04. The number of aromatic nitrogens is 2. The molecule has 1 heterocycles. The normalized spacial score (nSPS) is 10.4. The second-order valence-electron chi connectivity index (χ2n) is 3.90. The van der Waals surface area contributed by atoms with Gasteiger partial charge in [0.2, 0.25) is 0 Å². The van der Waals surface area contributed by atoms with Gasteiger partial charge in [-0.3, -0.25) is 0 Å². The van der Waals surface area contributed by atoms with E-state index in [2.05, 4.69) is 10.2 Å². The highest BCUT2D eigenvalue weighted by atomic mass is 35.5. The first kappa shape index (κ1) is 14.9. The Kier molecular flexibility index (Phi) is 5.04. The summed E-state index contributed by atoms with van der Waals surface area (Å²) in [6.07, 6.45) is 0. The molecule has 1 aromatic carbocycles. The molecule has 0 amide bonds. The van der Waals surface area contributed by atoms with E-state index < -0.39 is 0 Å². The van der Waals surface area contributed by atoms with Crippen LogP contribution in [0.3, 0.4) is 0 Å².